The Hall–Kier alpha value is -2.45. The Bertz CT molecular complexity index is 862. The number of fused-ring (bicyclic) bond motifs is 1. The molecule has 2 atom stereocenters. The van der Waals surface area contributed by atoms with Gasteiger partial charge < -0.3 is 0 Å². The lowest BCUT2D eigenvalue weighted by molar-refractivity contribution is 0.905. The highest BCUT2D eigenvalue weighted by atomic mass is 35.5. The van der Waals surface area contributed by atoms with Crippen LogP contribution in [0.25, 0.3) is 5.65 Å². The molecular weight excluding hydrogens is 286 g/mol. The first kappa shape index (κ1) is 12.3. The topological polar surface area (TPSA) is 66.9 Å². The minimum Gasteiger partial charge on any atom is -0.245 e. The lowest BCUT2D eigenvalue weighted by Gasteiger charge is -2.04. The third kappa shape index (κ3) is 2.05. The van der Waals surface area contributed by atoms with Crippen LogP contribution >= 0.6 is 11.6 Å². The molecule has 0 amide bonds. The fourth-order valence-corrected chi connectivity index (χ4v) is 2.98. The van der Waals surface area contributed by atoms with Crippen molar-refractivity contribution in [3.05, 3.63) is 58.8 Å². The zero-order valence-electron chi connectivity index (χ0n) is 10.9. The van der Waals surface area contributed by atoms with Gasteiger partial charge in [0.25, 0.3) is 0 Å². The first-order chi connectivity index (χ1) is 10.3. The maximum Gasteiger partial charge on any atom is 0.157 e. The van der Waals surface area contributed by atoms with Crippen LogP contribution in [0, 0.1) is 11.3 Å². The molecule has 0 radical (unpaired) electrons. The van der Waals surface area contributed by atoms with Gasteiger partial charge in [0.05, 0.1) is 0 Å². The van der Waals surface area contributed by atoms with Gasteiger partial charge in [-0.05, 0) is 36.0 Å². The quantitative estimate of drug-likeness (QED) is 0.729. The number of halogens is 1. The summed E-state index contributed by atoms with van der Waals surface area (Å²) in [4.78, 5) is 8.50. The van der Waals surface area contributed by atoms with Crippen molar-refractivity contribution in [1.82, 2.24) is 19.6 Å². The van der Waals surface area contributed by atoms with Crippen molar-refractivity contribution in [3.8, 4) is 6.07 Å². The van der Waals surface area contributed by atoms with E-state index in [9.17, 15) is 0 Å². The van der Waals surface area contributed by atoms with Crippen molar-refractivity contribution in [2.75, 3.05) is 0 Å². The molecule has 4 rings (SSSR count). The molecule has 1 saturated carbocycles. The van der Waals surface area contributed by atoms with Crippen LogP contribution in [0.1, 0.15) is 35.1 Å². The molecule has 0 bridgehead atoms. The molecule has 1 aliphatic rings. The Kier molecular flexibility index (Phi) is 2.66. The highest BCUT2D eigenvalue weighted by Crippen LogP contribution is 2.55. The van der Waals surface area contributed by atoms with Gasteiger partial charge in [-0.15, -0.1) is 0 Å². The lowest BCUT2D eigenvalue weighted by Crippen LogP contribution is -1.96. The number of hydrogen-bond donors (Lipinski definition) is 0. The van der Waals surface area contributed by atoms with Crippen LogP contribution in [0.15, 0.2) is 36.8 Å². The van der Waals surface area contributed by atoms with Crippen molar-refractivity contribution >= 4 is 17.2 Å². The minimum atomic E-state index is 0.380. The number of nitrogens with zero attached hydrogens (tertiary/aromatic N) is 5. The number of rotatable bonds is 2. The van der Waals surface area contributed by atoms with Crippen molar-refractivity contribution < 1.29 is 0 Å². The molecule has 3 aromatic rings. The van der Waals surface area contributed by atoms with E-state index >= 15 is 0 Å². The number of pyridine rings is 1. The Morgan fingerprint density at radius 3 is 2.95 bits per heavy atom. The van der Waals surface area contributed by atoms with Gasteiger partial charge in [-0.1, -0.05) is 17.7 Å². The summed E-state index contributed by atoms with van der Waals surface area (Å²) in [7, 11) is 0. The lowest BCUT2D eigenvalue weighted by atomic mass is 10.1. The maximum atomic E-state index is 8.79. The summed E-state index contributed by atoms with van der Waals surface area (Å²) < 4.78 is 1.71. The third-order valence-corrected chi connectivity index (χ3v) is 4.06. The predicted molar refractivity (Wildman–Crippen MR) is 77.0 cm³/mol. The summed E-state index contributed by atoms with van der Waals surface area (Å²) >= 11 is 6.08. The van der Waals surface area contributed by atoms with Crippen molar-refractivity contribution in [1.29, 1.82) is 5.26 Å². The van der Waals surface area contributed by atoms with E-state index in [1.165, 1.54) is 0 Å². The second kappa shape index (κ2) is 4.54. The summed E-state index contributed by atoms with van der Waals surface area (Å²) in [5.74, 6) is 0.786. The second-order valence-corrected chi connectivity index (χ2v) is 5.54. The van der Waals surface area contributed by atoms with Crippen LogP contribution in [-0.2, 0) is 0 Å². The van der Waals surface area contributed by atoms with E-state index in [-0.39, 0.29) is 0 Å². The highest BCUT2D eigenvalue weighted by molar-refractivity contribution is 6.29. The average Bonchev–Trinajstić information content (AvgIpc) is 3.16. The van der Waals surface area contributed by atoms with Crippen LogP contribution in [0.5, 0.6) is 0 Å². The number of hydrogen-bond acceptors (Lipinski definition) is 4. The Balaban J connectivity index is 1.69. The fraction of sp³-hybridized carbons (Fsp3) is 0.200. The molecule has 102 valence electrons. The van der Waals surface area contributed by atoms with Crippen LogP contribution in [0.4, 0.5) is 0 Å². The first-order valence-electron chi connectivity index (χ1n) is 6.62. The minimum absolute atomic E-state index is 0.380. The predicted octanol–water partition coefficient (Wildman–Crippen LogP) is 2.92. The maximum absolute atomic E-state index is 8.79. The fourth-order valence-electron chi connectivity index (χ4n) is 2.78. The molecule has 0 aromatic carbocycles. The first-order valence-corrected chi connectivity index (χ1v) is 7.00. The van der Waals surface area contributed by atoms with Gasteiger partial charge in [0, 0.05) is 24.2 Å². The molecule has 1 fully saturated rings. The number of nitriles is 1. The van der Waals surface area contributed by atoms with Gasteiger partial charge in [-0.2, -0.15) is 10.4 Å². The number of imidazole rings is 1. The van der Waals surface area contributed by atoms with E-state index in [0.29, 0.717) is 22.7 Å². The number of aromatic nitrogens is 4. The molecular formula is C15H10ClN5. The van der Waals surface area contributed by atoms with E-state index in [4.69, 9.17) is 16.9 Å². The van der Waals surface area contributed by atoms with Crippen LogP contribution < -0.4 is 0 Å². The molecule has 3 aromatic heterocycles. The summed E-state index contributed by atoms with van der Waals surface area (Å²) in [6.45, 7) is 0. The molecule has 0 unspecified atom stereocenters. The van der Waals surface area contributed by atoms with E-state index in [0.717, 1.165) is 23.2 Å². The van der Waals surface area contributed by atoms with E-state index in [2.05, 4.69) is 15.1 Å². The Morgan fingerprint density at radius 1 is 1.29 bits per heavy atom. The summed E-state index contributed by atoms with van der Waals surface area (Å²) in [5.41, 5.74) is 3.57. The molecule has 21 heavy (non-hydrogen) atoms. The molecule has 0 saturated heterocycles. The molecule has 5 nitrogen and oxygen atoms in total. The van der Waals surface area contributed by atoms with Crippen molar-refractivity contribution in [3.63, 3.8) is 0 Å². The Morgan fingerprint density at radius 2 is 2.19 bits per heavy atom. The molecule has 3 heterocycles. The van der Waals surface area contributed by atoms with Crippen molar-refractivity contribution in [2.45, 2.75) is 18.3 Å². The highest BCUT2D eigenvalue weighted by Gasteiger charge is 2.41. The molecule has 0 aliphatic heterocycles. The second-order valence-electron chi connectivity index (χ2n) is 5.16. The summed E-state index contributed by atoms with van der Waals surface area (Å²) in [5, 5.41) is 13.5. The average molecular weight is 296 g/mol. The van der Waals surface area contributed by atoms with Gasteiger partial charge >= 0.3 is 0 Å². The summed E-state index contributed by atoms with van der Waals surface area (Å²) in [6, 6.07) is 7.66. The molecule has 1 aliphatic carbocycles. The SMILES string of the molecule is N#Cc1ccc([C@H]2C[C@@H]2c2cc(Cl)nn3ccnc23)cn1. The smallest absolute Gasteiger partial charge is 0.157 e. The van der Waals surface area contributed by atoms with E-state index < -0.39 is 0 Å². The third-order valence-electron chi connectivity index (χ3n) is 3.88. The zero-order valence-corrected chi connectivity index (χ0v) is 11.7. The zero-order chi connectivity index (χ0) is 14.4. The van der Waals surface area contributed by atoms with E-state index in [1.54, 1.807) is 29.2 Å². The standard InChI is InChI=1S/C15H10ClN5/c16-14-6-13(15-18-3-4-21(15)20-14)12-5-11(12)9-1-2-10(7-17)19-8-9/h1-4,6,8,11-12H,5H2/t11-,12+/m1/s1. The van der Waals surface area contributed by atoms with Crippen LogP contribution in [0.2, 0.25) is 5.15 Å². The van der Waals surface area contributed by atoms with Crippen molar-refractivity contribution in [2.24, 2.45) is 0 Å². The van der Waals surface area contributed by atoms with Gasteiger partial charge in [0.15, 0.2) is 5.65 Å². The van der Waals surface area contributed by atoms with Gasteiger partial charge in [-0.3, -0.25) is 0 Å². The summed E-state index contributed by atoms with van der Waals surface area (Å²) in [6.07, 6.45) is 6.35. The Labute approximate surface area is 125 Å². The van der Waals surface area contributed by atoms with E-state index in [1.807, 2.05) is 18.2 Å². The van der Waals surface area contributed by atoms with Gasteiger partial charge in [0.1, 0.15) is 16.9 Å². The normalized spacial score (nSPS) is 20.4. The molecule has 0 spiro atoms. The largest absolute Gasteiger partial charge is 0.245 e. The molecule has 0 N–H and O–H groups in total. The van der Waals surface area contributed by atoms with Crippen LogP contribution in [0.3, 0.4) is 0 Å². The van der Waals surface area contributed by atoms with Gasteiger partial charge in [-0.25, -0.2) is 14.5 Å². The van der Waals surface area contributed by atoms with Crippen LogP contribution in [-0.4, -0.2) is 19.6 Å². The molecule has 6 heteroatoms. The van der Waals surface area contributed by atoms with Gasteiger partial charge in [0.2, 0.25) is 0 Å². The monoisotopic (exact) mass is 295 g/mol.